The molecule has 3 aromatic rings. The molecular formula is C25H29N5OS. The van der Waals surface area contributed by atoms with Gasteiger partial charge < -0.3 is 15.7 Å². The van der Waals surface area contributed by atoms with Crippen molar-refractivity contribution in [2.75, 3.05) is 17.2 Å². The lowest BCUT2D eigenvalue weighted by Gasteiger charge is -2.18. The normalized spacial score (nSPS) is 19.7. The average Bonchev–Trinajstić information content (AvgIpc) is 3.40. The summed E-state index contributed by atoms with van der Waals surface area (Å²) in [5.74, 6) is 1.77. The van der Waals surface area contributed by atoms with Gasteiger partial charge in [0.1, 0.15) is 10.8 Å². The number of aliphatic hydroxyl groups excluding tert-OH is 1. The number of allylic oxidation sites excluding steroid dienone is 1. The van der Waals surface area contributed by atoms with Crippen molar-refractivity contribution in [2.45, 2.75) is 52.0 Å². The van der Waals surface area contributed by atoms with Crippen LogP contribution in [-0.4, -0.2) is 32.7 Å². The predicted molar refractivity (Wildman–Crippen MR) is 132 cm³/mol. The maximum absolute atomic E-state index is 9.57. The molecule has 2 aliphatic rings. The Morgan fingerprint density at radius 3 is 2.84 bits per heavy atom. The Hall–Kier alpha value is -2.77. The molecule has 2 aromatic heterocycles. The maximum atomic E-state index is 9.57. The monoisotopic (exact) mass is 447 g/mol. The van der Waals surface area contributed by atoms with E-state index in [2.05, 4.69) is 41.8 Å². The molecule has 6 nitrogen and oxygen atoms in total. The summed E-state index contributed by atoms with van der Waals surface area (Å²) >= 11 is 1.71. The fourth-order valence-corrected chi connectivity index (χ4v) is 5.74. The van der Waals surface area contributed by atoms with E-state index in [-0.39, 0.29) is 6.61 Å². The lowest BCUT2D eigenvalue weighted by molar-refractivity contribution is 0.229. The van der Waals surface area contributed by atoms with Gasteiger partial charge in [0.25, 0.3) is 0 Å². The van der Waals surface area contributed by atoms with Crippen molar-refractivity contribution in [1.82, 2.24) is 15.0 Å². The second-order valence-corrected chi connectivity index (χ2v) is 9.86. The van der Waals surface area contributed by atoms with Gasteiger partial charge in [0.15, 0.2) is 0 Å². The van der Waals surface area contributed by atoms with E-state index in [1.165, 1.54) is 16.1 Å². The largest absolute Gasteiger partial charge is 0.396 e. The van der Waals surface area contributed by atoms with Crippen molar-refractivity contribution >= 4 is 34.9 Å². The number of nitrogens with one attached hydrogen (secondary N) is 2. The summed E-state index contributed by atoms with van der Waals surface area (Å²) in [5.41, 5.74) is 5.22. The Bertz CT molecular complexity index is 1160. The number of benzene rings is 1. The van der Waals surface area contributed by atoms with Crippen molar-refractivity contribution in [2.24, 2.45) is 5.92 Å². The van der Waals surface area contributed by atoms with Crippen LogP contribution in [0.2, 0.25) is 0 Å². The molecule has 7 heteroatoms. The van der Waals surface area contributed by atoms with Crippen LogP contribution in [0.4, 0.5) is 17.5 Å². The van der Waals surface area contributed by atoms with E-state index < -0.39 is 0 Å². The third-order valence-corrected chi connectivity index (χ3v) is 7.34. The highest BCUT2D eigenvalue weighted by Crippen LogP contribution is 2.38. The predicted octanol–water partition coefficient (Wildman–Crippen LogP) is 5.49. The zero-order valence-corrected chi connectivity index (χ0v) is 19.4. The van der Waals surface area contributed by atoms with Gasteiger partial charge >= 0.3 is 0 Å². The fourth-order valence-electron chi connectivity index (χ4n) is 4.60. The number of aliphatic hydroxyl groups is 1. The van der Waals surface area contributed by atoms with Crippen LogP contribution >= 0.6 is 11.3 Å². The summed E-state index contributed by atoms with van der Waals surface area (Å²) < 4.78 is 0. The number of fused-ring (bicyclic) bond motifs is 1. The molecule has 0 unspecified atom stereocenters. The van der Waals surface area contributed by atoms with E-state index in [4.69, 9.17) is 15.0 Å². The van der Waals surface area contributed by atoms with E-state index in [0.717, 1.165) is 59.9 Å². The van der Waals surface area contributed by atoms with Crippen LogP contribution in [0.15, 0.2) is 30.3 Å². The third-order valence-electron chi connectivity index (χ3n) is 6.26. The molecular weight excluding hydrogens is 418 g/mol. The number of aryl methyl sites for hydroxylation is 3. The summed E-state index contributed by atoms with van der Waals surface area (Å²) in [6.07, 6.45) is 9.45. The van der Waals surface area contributed by atoms with Crippen LogP contribution in [-0.2, 0) is 6.42 Å². The topological polar surface area (TPSA) is 83.0 Å². The first-order chi connectivity index (χ1) is 15.6. The lowest BCUT2D eigenvalue weighted by Crippen LogP contribution is -2.19. The highest BCUT2D eigenvalue weighted by Gasteiger charge is 2.27. The highest BCUT2D eigenvalue weighted by atomic mass is 32.1. The van der Waals surface area contributed by atoms with E-state index >= 15 is 0 Å². The Balaban J connectivity index is 1.52. The van der Waals surface area contributed by atoms with Gasteiger partial charge in [-0.25, -0.2) is 9.97 Å². The summed E-state index contributed by atoms with van der Waals surface area (Å²) in [4.78, 5) is 15.9. The Morgan fingerprint density at radius 1 is 1.16 bits per heavy atom. The van der Waals surface area contributed by atoms with Crippen LogP contribution in [0, 0.1) is 19.8 Å². The number of hydrogen-bond acceptors (Lipinski definition) is 7. The number of aromatic nitrogens is 3. The molecule has 5 rings (SSSR count). The molecule has 166 valence electrons. The molecule has 1 fully saturated rings. The van der Waals surface area contributed by atoms with Crippen LogP contribution < -0.4 is 10.6 Å². The van der Waals surface area contributed by atoms with Crippen molar-refractivity contribution in [3.63, 3.8) is 0 Å². The molecule has 0 spiro atoms. The van der Waals surface area contributed by atoms with Crippen molar-refractivity contribution < 1.29 is 5.11 Å². The SMILES string of the molecule is Cc1cccc(Nc2nc(C)c(-c3nc4c(s3)C=CCC4)c(N[C@H]3CC[C@@H](CO)C3)n2)c1. The average molecular weight is 448 g/mol. The van der Waals surface area contributed by atoms with Gasteiger partial charge in [-0.1, -0.05) is 18.2 Å². The van der Waals surface area contributed by atoms with Gasteiger partial charge in [-0.05, 0) is 75.6 Å². The number of hydrogen-bond donors (Lipinski definition) is 3. The molecule has 1 saturated carbocycles. The maximum Gasteiger partial charge on any atom is 0.229 e. The molecule has 0 bridgehead atoms. The Labute approximate surface area is 192 Å². The Morgan fingerprint density at radius 2 is 2.06 bits per heavy atom. The molecule has 0 radical (unpaired) electrons. The molecule has 2 aliphatic carbocycles. The van der Waals surface area contributed by atoms with E-state index in [0.29, 0.717) is 17.9 Å². The smallest absolute Gasteiger partial charge is 0.229 e. The van der Waals surface area contributed by atoms with Crippen molar-refractivity contribution in [3.8, 4) is 10.6 Å². The third kappa shape index (κ3) is 4.40. The highest BCUT2D eigenvalue weighted by molar-refractivity contribution is 7.16. The first-order valence-corrected chi connectivity index (χ1v) is 12.2. The minimum Gasteiger partial charge on any atom is -0.396 e. The molecule has 0 saturated heterocycles. The molecule has 2 atom stereocenters. The zero-order chi connectivity index (χ0) is 22.1. The second-order valence-electron chi connectivity index (χ2n) is 8.82. The van der Waals surface area contributed by atoms with E-state index in [9.17, 15) is 5.11 Å². The lowest BCUT2D eigenvalue weighted by atomic mass is 10.1. The quantitative estimate of drug-likeness (QED) is 0.463. The zero-order valence-electron chi connectivity index (χ0n) is 18.6. The number of nitrogens with zero attached hydrogens (tertiary/aromatic N) is 3. The van der Waals surface area contributed by atoms with Crippen LogP contribution in [0.1, 0.15) is 47.5 Å². The van der Waals surface area contributed by atoms with E-state index in [1.807, 2.05) is 19.1 Å². The Kier molecular flexibility index (Phi) is 5.93. The summed E-state index contributed by atoms with van der Waals surface area (Å²) in [7, 11) is 0. The van der Waals surface area contributed by atoms with Gasteiger partial charge in [-0.2, -0.15) is 4.98 Å². The van der Waals surface area contributed by atoms with Crippen molar-refractivity contribution in [1.29, 1.82) is 0 Å². The molecule has 2 heterocycles. The standard InChI is InChI=1S/C25H29N5OS/c1-15-6-5-7-18(12-15)28-25-26-16(2)22(24-29-20-8-3-4-9-21(20)32-24)23(30-25)27-19-11-10-17(13-19)14-31/h4-7,9,12,17,19,31H,3,8,10-11,13-14H2,1-2H3,(H2,26,27,28,30)/t17-,19+/m1/s1. The first-order valence-electron chi connectivity index (χ1n) is 11.4. The minimum absolute atomic E-state index is 0.250. The first kappa shape index (κ1) is 21.1. The van der Waals surface area contributed by atoms with Crippen molar-refractivity contribution in [3.05, 3.63) is 52.2 Å². The van der Waals surface area contributed by atoms with Gasteiger partial charge in [0.2, 0.25) is 5.95 Å². The van der Waals surface area contributed by atoms with Gasteiger partial charge in [-0.15, -0.1) is 11.3 Å². The van der Waals surface area contributed by atoms with Crippen LogP contribution in [0.5, 0.6) is 0 Å². The minimum atomic E-state index is 0.250. The fraction of sp³-hybridized carbons (Fsp3) is 0.400. The van der Waals surface area contributed by atoms with Crippen LogP contribution in [0.25, 0.3) is 16.6 Å². The molecule has 1 aromatic carbocycles. The second kappa shape index (κ2) is 9.00. The number of rotatable bonds is 6. The molecule has 3 N–H and O–H groups in total. The molecule has 0 amide bonds. The number of anilines is 3. The van der Waals surface area contributed by atoms with Gasteiger partial charge in [-0.3, -0.25) is 0 Å². The van der Waals surface area contributed by atoms with Gasteiger partial charge in [0.05, 0.1) is 21.8 Å². The summed E-state index contributed by atoms with van der Waals surface area (Å²) in [5, 5.41) is 17.6. The van der Waals surface area contributed by atoms with Crippen LogP contribution in [0.3, 0.4) is 0 Å². The van der Waals surface area contributed by atoms with Gasteiger partial charge in [0, 0.05) is 18.3 Å². The summed E-state index contributed by atoms with van der Waals surface area (Å²) in [6, 6.07) is 8.50. The summed E-state index contributed by atoms with van der Waals surface area (Å²) in [6.45, 7) is 4.36. The molecule has 0 aliphatic heterocycles. The molecule has 32 heavy (non-hydrogen) atoms. The van der Waals surface area contributed by atoms with E-state index in [1.54, 1.807) is 11.3 Å². The number of thiazole rings is 1.